The minimum atomic E-state index is -0.376. The third-order valence-electron chi connectivity index (χ3n) is 10.5. The molecule has 0 aromatic heterocycles. The second kappa shape index (κ2) is 8.30. The van der Waals surface area contributed by atoms with Crippen LogP contribution in [0.2, 0.25) is 0 Å². The largest absolute Gasteiger partial charge is 0.393 e. The number of aliphatic hydroxyl groups is 1. The lowest BCUT2D eigenvalue weighted by Gasteiger charge is -2.55. The van der Waals surface area contributed by atoms with Gasteiger partial charge in [0.15, 0.2) is 5.79 Å². The van der Waals surface area contributed by atoms with E-state index in [0.717, 1.165) is 50.9 Å². The lowest BCUT2D eigenvalue weighted by molar-refractivity contribution is -0.312. The third-order valence-corrected chi connectivity index (χ3v) is 10.5. The van der Waals surface area contributed by atoms with Crippen molar-refractivity contribution in [3.05, 3.63) is 53.1 Å². The van der Waals surface area contributed by atoms with Gasteiger partial charge in [-0.05, 0) is 79.7 Å². The van der Waals surface area contributed by atoms with E-state index in [1.807, 2.05) is 0 Å². The predicted molar refractivity (Wildman–Crippen MR) is 141 cm³/mol. The van der Waals surface area contributed by atoms with E-state index in [4.69, 9.17) is 9.47 Å². The van der Waals surface area contributed by atoms with Gasteiger partial charge in [-0.25, -0.2) is 0 Å². The van der Waals surface area contributed by atoms with Crippen LogP contribution in [0.5, 0.6) is 0 Å². The van der Waals surface area contributed by atoms with Crippen molar-refractivity contribution in [1.29, 1.82) is 0 Å². The van der Waals surface area contributed by atoms with E-state index in [0.29, 0.717) is 23.7 Å². The van der Waals surface area contributed by atoms with Crippen LogP contribution in [0.15, 0.2) is 42.0 Å². The van der Waals surface area contributed by atoms with Gasteiger partial charge in [0, 0.05) is 24.2 Å². The summed E-state index contributed by atoms with van der Waals surface area (Å²) < 4.78 is 12.9. The Morgan fingerprint density at radius 3 is 2.54 bits per heavy atom. The van der Waals surface area contributed by atoms with Crippen molar-refractivity contribution in [1.82, 2.24) is 0 Å². The van der Waals surface area contributed by atoms with Crippen molar-refractivity contribution in [2.24, 2.45) is 28.6 Å². The molecule has 6 atom stereocenters. The molecule has 1 saturated heterocycles. The van der Waals surface area contributed by atoms with Gasteiger partial charge in [-0.3, -0.25) is 0 Å². The van der Waals surface area contributed by atoms with Crippen molar-refractivity contribution in [3.8, 4) is 0 Å². The monoisotopic (exact) mass is 476 g/mol. The number of benzene rings is 1. The summed E-state index contributed by atoms with van der Waals surface area (Å²) in [6, 6.07) is 9.11. The van der Waals surface area contributed by atoms with Crippen LogP contribution >= 0.6 is 0 Å². The molecule has 6 rings (SSSR count). The van der Waals surface area contributed by atoms with Gasteiger partial charge in [0.25, 0.3) is 0 Å². The van der Waals surface area contributed by atoms with Gasteiger partial charge in [-0.15, -0.1) is 0 Å². The van der Waals surface area contributed by atoms with Gasteiger partial charge in [0.1, 0.15) is 0 Å². The maximum Gasteiger partial charge on any atom is 0.169 e. The van der Waals surface area contributed by atoms with E-state index in [1.165, 1.54) is 30.4 Å². The predicted octanol–water partition coefficient (Wildman–Crippen LogP) is 7.26. The summed E-state index contributed by atoms with van der Waals surface area (Å²) in [6.07, 6.45) is 8.59. The van der Waals surface area contributed by atoms with E-state index in [1.54, 1.807) is 11.1 Å². The highest BCUT2D eigenvalue weighted by molar-refractivity contribution is 5.62. The average Bonchev–Trinajstić information content (AvgIpc) is 3.14. The topological polar surface area (TPSA) is 38.7 Å². The highest BCUT2D eigenvalue weighted by atomic mass is 16.7. The summed E-state index contributed by atoms with van der Waals surface area (Å²) in [5.74, 6) is 1.81. The summed E-state index contributed by atoms with van der Waals surface area (Å²) in [7, 11) is 0. The molecule has 0 amide bonds. The molecular formula is C32H44O3. The van der Waals surface area contributed by atoms with E-state index in [9.17, 15) is 5.11 Å². The Morgan fingerprint density at radius 1 is 1.03 bits per heavy atom. The number of hydrogen-bond donors (Lipinski definition) is 1. The maximum atomic E-state index is 11.2. The Morgan fingerprint density at radius 2 is 1.80 bits per heavy atom. The first-order chi connectivity index (χ1) is 16.6. The van der Waals surface area contributed by atoms with E-state index in [-0.39, 0.29) is 22.7 Å². The van der Waals surface area contributed by atoms with Crippen LogP contribution in [0, 0.1) is 28.6 Å². The molecule has 190 valence electrons. The molecule has 3 heteroatoms. The maximum absolute atomic E-state index is 11.2. The molecular weight excluding hydrogens is 432 g/mol. The molecule has 1 aromatic carbocycles. The van der Waals surface area contributed by atoms with Crippen molar-refractivity contribution >= 4 is 5.57 Å². The molecule has 5 aliphatic rings. The Balaban J connectivity index is 1.40. The molecule has 6 unspecified atom stereocenters. The van der Waals surface area contributed by atoms with E-state index < -0.39 is 0 Å². The minimum Gasteiger partial charge on any atom is -0.393 e. The fraction of sp³-hybridized carbons (Fsp3) is 0.688. The third kappa shape index (κ3) is 3.88. The van der Waals surface area contributed by atoms with Crippen LogP contribution in [-0.4, -0.2) is 30.2 Å². The number of hydrogen-bond acceptors (Lipinski definition) is 3. The summed E-state index contributed by atoms with van der Waals surface area (Å²) in [4.78, 5) is 0. The van der Waals surface area contributed by atoms with Crippen molar-refractivity contribution in [2.75, 3.05) is 13.2 Å². The lowest BCUT2D eigenvalue weighted by atomic mass is 9.52. The number of allylic oxidation sites excluding steroid dienone is 3. The fourth-order valence-corrected chi connectivity index (χ4v) is 8.52. The highest BCUT2D eigenvalue weighted by Crippen LogP contribution is 2.65. The normalized spacial score (nSPS) is 39.6. The number of aliphatic hydroxyl groups excluding tert-OH is 1. The highest BCUT2D eigenvalue weighted by Gasteiger charge is 2.57. The van der Waals surface area contributed by atoms with Crippen LogP contribution in [0.3, 0.4) is 0 Å². The molecule has 3 saturated carbocycles. The summed E-state index contributed by atoms with van der Waals surface area (Å²) in [6.45, 7) is 14.8. The zero-order valence-corrected chi connectivity index (χ0v) is 22.2. The van der Waals surface area contributed by atoms with Crippen molar-refractivity contribution in [2.45, 2.75) is 96.9 Å². The number of ether oxygens (including phenoxy) is 2. The first-order valence-electron chi connectivity index (χ1n) is 14.1. The van der Waals surface area contributed by atoms with Gasteiger partial charge in [0.2, 0.25) is 0 Å². The summed E-state index contributed by atoms with van der Waals surface area (Å²) >= 11 is 0. The first-order valence-corrected chi connectivity index (χ1v) is 14.1. The summed E-state index contributed by atoms with van der Waals surface area (Å²) in [5.41, 5.74) is 7.37. The van der Waals surface area contributed by atoms with E-state index in [2.05, 4.69) is 58.5 Å². The van der Waals surface area contributed by atoms with Crippen molar-refractivity contribution < 1.29 is 14.6 Å². The number of rotatable bonds is 2. The van der Waals surface area contributed by atoms with E-state index >= 15 is 0 Å². The molecule has 0 radical (unpaired) electrons. The molecule has 4 aliphatic carbocycles. The first kappa shape index (κ1) is 23.9. The number of fused-ring (bicyclic) bond motifs is 4. The zero-order valence-electron chi connectivity index (χ0n) is 22.2. The quantitative estimate of drug-likeness (QED) is 0.457. The van der Waals surface area contributed by atoms with Crippen LogP contribution in [0.25, 0.3) is 5.57 Å². The Bertz CT molecular complexity index is 1040. The molecule has 1 heterocycles. The van der Waals surface area contributed by atoms with Crippen LogP contribution < -0.4 is 0 Å². The Kier molecular flexibility index (Phi) is 5.68. The average molecular weight is 477 g/mol. The molecule has 1 N–H and O–H groups in total. The standard InChI is InChI=1S/C32H44O3/c1-20(2)21-7-6-8-22(15-21)26-17-31(5)27(11-12-28(31)33)25-10-9-23-16-32(14-13-24(23)29(25)26)34-18-30(3,4)19-35-32/h6-8,15,23,25-28,33H,1,9-14,16-19H2,2-5H3. The van der Waals surface area contributed by atoms with Gasteiger partial charge in [-0.2, -0.15) is 0 Å². The molecule has 1 aromatic rings. The Labute approximate surface area is 212 Å². The van der Waals surface area contributed by atoms with Crippen LogP contribution in [-0.2, 0) is 9.47 Å². The molecule has 4 fully saturated rings. The van der Waals surface area contributed by atoms with Gasteiger partial charge in [-0.1, -0.05) is 68.3 Å². The molecule has 3 nitrogen and oxygen atoms in total. The van der Waals surface area contributed by atoms with Gasteiger partial charge < -0.3 is 14.6 Å². The lowest BCUT2D eigenvalue weighted by Crippen LogP contribution is -2.52. The SMILES string of the molecule is C=C(C)c1cccc(C2CC3(C)C(O)CCC3C3CCC4CC5(CCC4=C23)OCC(C)(C)CO5)c1. The fourth-order valence-electron chi connectivity index (χ4n) is 8.52. The minimum absolute atomic E-state index is 0.0164. The second-order valence-electron chi connectivity index (χ2n) is 13.6. The second-order valence-corrected chi connectivity index (χ2v) is 13.6. The molecule has 35 heavy (non-hydrogen) atoms. The van der Waals surface area contributed by atoms with Gasteiger partial charge >= 0.3 is 0 Å². The smallest absolute Gasteiger partial charge is 0.169 e. The summed E-state index contributed by atoms with van der Waals surface area (Å²) in [5, 5.41) is 11.2. The molecule has 1 spiro atoms. The molecule has 0 bridgehead atoms. The Hall–Kier alpha value is -1.42. The van der Waals surface area contributed by atoms with Crippen LogP contribution in [0.1, 0.15) is 96.1 Å². The van der Waals surface area contributed by atoms with Crippen LogP contribution in [0.4, 0.5) is 0 Å². The van der Waals surface area contributed by atoms with Gasteiger partial charge in [0.05, 0.1) is 19.3 Å². The zero-order chi connectivity index (χ0) is 24.6. The molecule has 1 aliphatic heterocycles. The van der Waals surface area contributed by atoms with Crippen molar-refractivity contribution in [3.63, 3.8) is 0 Å².